The van der Waals surface area contributed by atoms with Crippen molar-refractivity contribution in [2.24, 2.45) is 5.92 Å². The molecule has 2 saturated heterocycles. The van der Waals surface area contributed by atoms with Crippen LogP contribution in [-0.2, 0) is 0 Å². The molecule has 1 N–H and O–H groups in total. The van der Waals surface area contributed by atoms with Gasteiger partial charge in [0, 0.05) is 25.7 Å². The largest absolute Gasteiger partial charge is 0.338 e. The van der Waals surface area contributed by atoms with Gasteiger partial charge in [-0.25, -0.2) is 4.79 Å². The lowest BCUT2D eigenvalue weighted by molar-refractivity contribution is 0.0535. The third-order valence-corrected chi connectivity index (χ3v) is 3.86. The fourth-order valence-corrected chi connectivity index (χ4v) is 3.09. The van der Waals surface area contributed by atoms with Crippen LogP contribution in [0.5, 0.6) is 0 Å². The second kappa shape index (κ2) is 5.04. The van der Waals surface area contributed by atoms with Gasteiger partial charge in [-0.3, -0.25) is 0 Å². The second-order valence-electron chi connectivity index (χ2n) is 5.05. The number of rotatable bonds is 1. The van der Waals surface area contributed by atoms with Gasteiger partial charge < -0.3 is 15.1 Å². The van der Waals surface area contributed by atoms with Crippen molar-refractivity contribution in [3.05, 3.63) is 0 Å². The van der Waals surface area contributed by atoms with Crippen molar-refractivity contribution in [1.29, 1.82) is 0 Å². The molecule has 2 unspecified atom stereocenters. The summed E-state index contributed by atoms with van der Waals surface area (Å²) in [5.74, 6) is 0.690. The van der Waals surface area contributed by atoms with Gasteiger partial charge in [0.05, 0.1) is 0 Å². The topological polar surface area (TPSA) is 35.6 Å². The summed E-state index contributed by atoms with van der Waals surface area (Å²) in [5, 5.41) is 2.93. The number of piperidine rings is 2. The van der Waals surface area contributed by atoms with E-state index in [2.05, 4.69) is 22.2 Å². The molecule has 0 aromatic rings. The summed E-state index contributed by atoms with van der Waals surface area (Å²) in [7, 11) is 2.18. The van der Waals surface area contributed by atoms with Crippen LogP contribution in [0.25, 0.3) is 0 Å². The Kier molecular flexibility index (Phi) is 3.69. The smallest absolute Gasteiger partial charge is 0.317 e. The third kappa shape index (κ3) is 2.32. The van der Waals surface area contributed by atoms with Gasteiger partial charge >= 0.3 is 6.03 Å². The molecule has 2 fully saturated rings. The van der Waals surface area contributed by atoms with Crippen molar-refractivity contribution in [1.82, 2.24) is 15.1 Å². The molecule has 16 heavy (non-hydrogen) atoms. The minimum Gasteiger partial charge on any atom is -0.338 e. The van der Waals surface area contributed by atoms with Gasteiger partial charge in [0.25, 0.3) is 0 Å². The lowest BCUT2D eigenvalue weighted by Gasteiger charge is -2.46. The van der Waals surface area contributed by atoms with Crippen LogP contribution in [0, 0.1) is 5.92 Å². The zero-order chi connectivity index (χ0) is 11.5. The van der Waals surface area contributed by atoms with Gasteiger partial charge in [0.15, 0.2) is 0 Å². The van der Waals surface area contributed by atoms with E-state index in [0.29, 0.717) is 12.0 Å². The SMILES string of the molecule is CCNC(=O)N1CCCC2CN(C)CCC21. The standard InChI is InChI=1S/C12H23N3O/c1-3-13-12(16)15-7-4-5-10-9-14(2)8-6-11(10)15/h10-11H,3-9H2,1-2H3,(H,13,16). The van der Waals surface area contributed by atoms with Crippen LogP contribution in [0.15, 0.2) is 0 Å². The van der Waals surface area contributed by atoms with Gasteiger partial charge in [0.1, 0.15) is 0 Å². The number of carbonyl (C=O) groups is 1. The molecule has 0 bridgehead atoms. The first-order valence-electron chi connectivity index (χ1n) is 6.45. The van der Waals surface area contributed by atoms with Gasteiger partial charge in [0.2, 0.25) is 0 Å². The molecule has 0 saturated carbocycles. The molecule has 2 amide bonds. The predicted octanol–water partition coefficient (Wildman–Crippen LogP) is 1.13. The second-order valence-corrected chi connectivity index (χ2v) is 5.05. The zero-order valence-electron chi connectivity index (χ0n) is 10.4. The number of nitrogens with zero attached hydrogens (tertiary/aromatic N) is 2. The molecule has 2 atom stereocenters. The number of hydrogen-bond donors (Lipinski definition) is 1. The van der Waals surface area contributed by atoms with E-state index in [0.717, 1.165) is 39.0 Å². The van der Waals surface area contributed by atoms with Crippen LogP contribution in [0.2, 0.25) is 0 Å². The zero-order valence-corrected chi connectivity index (χ0v) is 10.4. The van der Waals surface area contributed by atoms with Crippen molar-refractivity contribution >= 4 is 6.03 Å². The highest BCUT2D eigenvalue weighted by Gasteiger charge is 2.36. The molecule has 0 aromatic carbocycles. The molecule has 92 valence electrons. The molecule has 4 nitrogen and oxygen atoms in total. The van der Waals surface area contributed by atoms with Gasteiger partial charge in [-0.1, -0.05) is 0 Å². The van der Waals surface area contributed by atoms with Crippen molar-refractivity contribution in [3.63, 3.8) is 0 Å². The first-order chi connectivity index (χ1) is 7.72. The summed E-state index contributed by atoms with van der Waals surface area (Å²) >= 11 is 0. The lowest BCUT2D eigenvalue weighted by Crippen LogP contribution is -2.57. The average molecular weight is 225 g/mol. The highest BCUT2D eigenvalue weighted by Crippen LogP contribution is 2.29. The van der Waals surface area contributed by atoms with E-state index < -0.39 is 0 Å². The Morgan fingerprint density at radius 2 is 2.19 bits per heavy atom. The Hall–Kier alpha value is -0.770. The van der Waals surface area contributed by atoms with Crippen molar-refractivity contribution in [3.8, 4) is 0 Å². The molecular weight excluding hydrogens is 202 g/mol. The molecule has 2 aliphatic heterocycles. The van der Waals surface area contributed by atoms with Crippen LogP contribution in [-0.4, -0.2) is 55.1 Å². The molecule has 2 rings (SSSR count). The summed E-state index contributed by atoms with van der Waals surface area (Å²) in [5.41, 5.74) is 0. The maximum atomic E-state index is 11.9. The third-order valence-electron chi connectivity index (χ3n) is 3.86. The Balaban J connectivity index is 2.00. The lowest BCUT2D eigenvalue weighted by atomic mass is 9.84. The monoisotopic (exact) mass is 225 g/mol. The molecule has 2 heterocycles. The van der Waals surface area contributed by atoms with Gasteiger partial charge in [-0.2, -0.15) is 0 Å². The van der Waals surface area contributed by atoms with Crippen LogP contribution in [0.1, 0.15) is 26.2 Å². The Bertz CT molecular complexity index is 257. The fraction of sp³-hybridized carbons (Fsp3) is 0.917. The van der Waals surface area contributed by atoms with Crippen molar-refractivity contribution < 1.29 is 4.79 Å². The average Bonchev–Trinajstić information content (AvgIpc) is 2.28. The highest BCUT2D eigenvalue weighted by atomic mass is 16.2. The van der Waals surface area contributed by atoms with E-state index in [4.69, 9.17) is 0 Å². The molecule has 0 aliphatic carbocycles. The summed E-state index contributed by atoms with van der Waals surface area (Å²) in [6.07, 6.45) is 3.58. The summed E-state index contributed by atoms with van der Waals surface area (Å²) < 4.78 is 0. The van der Waals surface area contributed by atoms with E-state index in [9.17, 15) is 4.79 Å². The van der Waals surface area contributed by atoms with Crippen molar-refractivity contribution in [2.45, 2.75) is 32.2 Å². The number of likely N-dealkylation sites (tertiary alicyclic amines) is 2. The molecule has 4 heteroatoms. The molecular formula is C12H23N3O. The summed E-state index contributed by atoms with van der Waals surface area (Å²) in [6, 6.07) is 0.623. The maximum absolute atomic E-state index is 11.9. The van der Waals surface area contributed by atoms with Gasteiger partial charge in [-0.15, -0.1) is 0 Å². The minimum atomic E-state index is 0.141. The first kappa shape index (κ1) is 11.7. The van der Waals surface area contributed by atoms with E-state index in [-0.39, 0.29) is 6.03 Å². The van der Waals surface area contributed by atoms with E-state index in [1.165, 1.54) is 6.42 Å². The normalized spacial score (nSPS) is 31.0. The quantitative estimate of drug-likeness (QED) is 0.726. The number of amides is 2. The van der Waals surface area contributed by atoms with E-state index in [1.54, 1.807) is 0 Å². The number of hydrogen-bond acceptors (Lipinski definition) is 2. The predicted molar refractivity (Wildman–Crippen MR) is 64.4 cm³/mol. The van der Waals surface area contributed by atoms with Crippen LogP contribution >= 0.6 is 0 Å². The molecule has 0 radical (unpaired) electrons. The summed E-state index contributed by atoms with van der Waals surface area (Å²) in [4.78, 5) is 16.4. The highest BCUT2D eigenvalue weighted by molar-refractivity contribution is 5.74. The van der Waals surface area contributed by atoms with E-state index >= 15 is 0 Å². The number of carbonyl (C=O) groups excluding carboxylic acids is 1. The number of nitrogens with one attached hydrogen (secondary N) is 1. The Morgan fingerprint density at radius 3 is 2.94 bits per heavy atom. The Morgan fingerprint density at radius 1 is 1.38 bits per heavy atom. The fourth-order valence-electron chi connectivity index (χ4n) is 3.09. The molecule has 0 spiro atoms. The maximum Gasteiger partial charge on any atom is 0.317 e. The number of urea groups is 1. The molecule has 0 aromatic heterocycles. The minimum absolute atomic E-state index is 0.141. The van der Waals surface area contributed by atoms with Crippen molar-refractivity contribution in [2.75, 3.05) is 33.2 Å². The Labute approximate surface area is 98.0 Å². The van der Waals surface area contributed by atoms with Gasteiger partial charge in [-0.05, 0) is 45.7 Å². The van der Waals surface area contributed by atoms with Crippen LogP contribution < -0.4 is 5.32 Å². The molecule has 2 aliphatic rings. The number of fused-ring (bicyclic) bond motifs is 1. The first-order valence-corrected chi connectivity index (χ1v) is 6.45. The summed E-state index contributed by atoms with van der Waals surface area (Å²) in [6.45, 7) is 5.93. The van der Waals surface area contributed by atoms with Crippen LogP contribution in [0.4, 0.5) is 4.79 Å². The van der Waals surface area contributed by atoms with Crippen LogP contribution in [0.3, 0.4) is 0 Å². The van der Waals surface area contributed by atoms with E-state index in [1.807, 2.05) is 6.92 Å².